The molecular formula is C18H21N9O4. The number of hydrogen-bond acceptors (Lipinski definition) is 10. The zero-order valence-corrected chi connectivity index (χ0v) is 17.2. The highest BCUT2D eigenvalue weighted by Gasteiger charge is 2.24. The van der Waals surface area contributed by atoms with Gasteiger partial charge in [0.2, 0.25) is 0 Å². The molecule has 13 heteroatoms. The van der Waals surface area contributed by atoms with Crippen molar-refractivity contribution in [3.8, 4) is 5.88 Å². The fraction of sp³-hybridized carbons (Fsp3) is 0.278. The second kappa shape index (κ2) is 8.71. The maximum atomic E-state index is 12.5. The molecular weight excluding hydrogens is 406 g/mol. The summed E-state index contributed by atoms with van der Waals surface area (Å²) in [6.45, 7) is 3.04. The van der Waals surface area contributed by atoms with E-state index in [-0.39, 0.29) is 28.8 Å². The Morgan fingerprint density at radius 1 is 1.16 bits per heavy atom. The van der Waals surface area contributed by atoms with Crippen molar-refractivity contribution in [3.63, 3.8) is 0 Å². The number of nitrogens with zero attached hydrogens (tertiary/aromatic N) is 6. The van der Waals surface area contributed by atoms with Crippen LogP contribution >= 0.6 is 0 Å². The predicted molar refractivity (Wildman–Crippen MR) is 109 cm³/mol. The van der Waals surface area contributed by atoms with Crippen molar-refractivity contribution in [1.82, 2.24) is 35.0 Å². The van der Waals surface area contributed by atoms with E-state index in [0.717, 1.165) is 0 Å². The van der Waals surface area contributed by atoms with Crippen molar-refractivity contribution in [1.29, 1.82) is 0 Å². The Hall–Kier alpha value is -4.13. The molecule has 3 aromatic heterocycles. The number of aryl methyl sites for hydroxylation is 1. The third kappa shape index (κ3) is 5.08. The number of aromatic nitrogens is 6. The van der Waals surface area contributed by atoms with Crippen LogP contribution in [0, 0.1) is 0 Å². The summed E-state index contributed by atoms with van der Waals surface area (Å²) in [5.74, 6) is -0.549. The molecule has 0 fully saturated rings. The molecule has 0 radical (unpaired) electrons. The van der Waals surface area contributed by atoms with Crippen molar-refractivity contribution < 1.29 is 19.4 Å². The first-order valence-corrected chi connectivity index (χ1v) is 9.04. The maximum Gasteiger partial charge on any atom is 0.418 e. The van der Waals surface area contributed by atoms with Crippen molar-refractivity contribution in [2.24, 2.45) is 7.05 Å². The molecule has 0 saturated heterocycles. The number of aliphatic hydroxyl groups is 1. The van der Waals surface area contributed by atoms with Gasteiger partial charge in [0.1, 0.15) is 17.6 Å². The third-order valence-corrected chi connectivity index (χ3v) is 4.00. The molecule has 0 aromatic carbocycles. The monoisotopic (exact) mass is 427 g/mol. The number of nitrogens with one attached hydrogen (secondary N) is 3. The molecule has 0 spiro atoms. The highest BCUT2D eigenvalue weighted by molar-refractivity contribution is 6.01. The lowest BCUT2D eigenvalue weighted by Gasteiger charge is -2.18. The highest BCUT2D eigenvalue weighted by atomic mass is 16.6. The van der Waals surface area contributed by atoms with Crippen molar-refractivity contribution in [3.05, 3.63) is 42.5 Å². The number of carbonyl (C=O) groups is 2. The standard InChI is InChI=1S/C18H21N9O4/c1-18(2,30)12-8-22-14(24-10-5-20-9-21-6-10)16(26-12)31-17(29)25-11-7-23-27(4)13(11)15(28)19-3/h5-9,30H,1-4H3,(H,19,28)(H,22,24)(H,25,29). The lowest BCUT2D eigenvalue weighted by Crippen LogP contribution is -2.25. The molecule has 3 heterocycles. The zero-order valence-electron chi connectivity index (χ0n) is 17.2. The second-order valence-corrected chi connectivity index (χ2v) is 6.84. The van der Waals surface area contributed by atoms with Crippen LogP contribution in [0.1, 0.15) is 30.0 Å². The molecule has 162 valence electrons. The van der Waals surface area contributed by atoms with Crippen LogP contribution in [-0.2, 0) is 12.6 Å². The van der Waals surface area contributed by atoms with Gasteiger partial charge >= 0.3 is 6.09 Å². The molecule has 13 nitrogen and oxygen atoms in total. The number of carbonyl (C=O) groups excluding carboxylic acids is 2. The van der Waals surface area contributed by atoms with E-state index >= 15 is 0 Å². The lowest BCUT2D eigenvalue weighted by molar-refractivity contribution is 0.0727. The van der Waals surface area contributed by atoms with E-state index in [9.17, 15) is 14.7 Å². The average molecular weight is 427 g/mol. The van der Waals surface area contributed by atoms with Gasteiger partial charge in [0, 0.05) is 14.1 Å². The average Bonchev–Trinajstić information content (AvgIpc) is 3.08. The topological polar surface area (TPSA) is 169 Å². The number of rotatable bonds is 6. The predicted octanol–water partition coefficient (Wildman–Crippen LogP) is 0.942. The van der Waals surface area contributed by atoms with Gasteiger partial charge in [0.25, 0.3) is 11.8 Å². The Morgan fingerprint density at radius 2 is 1.87 bits per heavy atom. The van der Waals surface area contributed by atoms with Gasteiger partial charge in [0.15, 0.2) is 5.82 Å². The van der Waals surface area contributed by atoms with Crippen LogP contribution in [0.4, 0.5) is 22.0 Å². The fourth-order valence-corrected chi connectivity index (χ4v) is 2.46. The Balaban J connectivity index is 1.88. The normalized spacial score (nSPS) is 11.0. The highest BCUT2D eigenvalue weighted by Crippen LogP contribution is 2.27. The van der Waals surface area contributed by atoms with E-state index in [1.165, 1.54) is 56.7 Å². The smallest absolute Gasteiger partial charge is 0.387 e. The van der Waals surface area contributed by atoms with Gasteiger partial charge in [-0.25, -0.2) is 24.7 Å². The van der Waals surface area contributed by atoms with E-state index in [4.69, 9.17) is 4.74 Å². The molecule has 0 aliphatic heterocycles. The van der Waals surface area contributed by atoms with E-state index in [1.807, 2.05) is 0 Å². The summed E-state index contributed by atoms with van der Waals surface area (Å²) >= 11 is 0. The Morgan fingerprint density at radius 3 is 2.52 bits per heavy atom. The summed E-state index contributed by atoms with van der Waals surface area (Å²) in [5.41, 5.74) is -0.393. The van der Waals surface area contributed by atoms with E-state index in [1.54, 1.807) is 7.05 Å². The quantitative estimate of drug-likeness (QED) is 0.444. The SMILES string of the molecule is CNC(=O)c1c(NC(=O)Oc2nc(C(C)(C)O)cnc2Nc2cncnc2)cnn1C. The summed E-state index contributed by atoms with van der Waals surface area (Å²) in [5, 5.41) is 22.0. The number of hydrogen-bond donors (Lipinski definition) is 4. The van der Waals surface area contributed by atoms with Gasteiger partial charge in [-0.05, 0) is 13.8 Å². The van der Waals surface area contributed by atoms with E-state index < -0.39 is 17.6 Å². The van der Waals surface area contributed by atoms with Crippen LogP contribution in [0.3, 0.4) is 0 Å². The van der Waals surface area contributed by atoms with Gasteiger partial charge in [-0.1, -0.05) is 0 Å². The fourth-order valence-electron chi connectivity index (χ4n) is 2.46. The first kappa shape index (κ1) is 21.6. The molecule has 0 bridgehead atoms. The van der Waals surface area contributed by atoms with Crippen LogP contribution in [0.5, 0.6) is 5.88 Å². The van der Waals surface area contributed by atoms with Crippen molar-refractivity contribution in [2.75, 3.05) is 17.7 Å². The third-order valence-electron chi connectivity index (χ3n) is 4.00. The maximum absolute atomic E-state index is 12.5. The zero-order chi connectivity index (χ0) is 22.6. The summed E-state index contributed by atoms with van der Waals surface area (Å²) < 4.78 is 6.64. The van der Waals surface area contributed by atoms with Crippen LogP contribution in [0.25, 0.3) is 0 Å². The van der Waals surface area contributed by atoms with E-state index in [2.05, 4.69) is 41.0 Å². The summed E-state index contributed by atoms with van der Waals surface area (Å²) in [6, 6.07) is 0. The number of amides is 2. The minimum atomic E-state index is -1.33. The molecule has 3 rings (SSSR count). The lowest BCUT2D eigenvalue weighted by atomic mass is 10.1. The van der Waals surface area contributed by atoms with Crippen LogP contribution in [0.2, 0.25) is 0 Å². The molecule has 31 heavy (non-hydrogen) atoms. The van der Waals surface area contributed by atoms with Crippen LogP contribution in [0.15, 0.2) is 31.1 Å². The molecule has 4 N–H and O–H groups in total. The van der Waals surface area contributed by atoms with Crippen molar-refractivity contribution >= 4 is 29.2 Å². The van der Waals surface area contributed by atoms with Gasteiger partial charge in [-0.15, -0.1) is 0 Å². The molecule has 0 aliphatic carbocycles. The van der Waals surface area contributed by atoms with Gasteiger partial charge < -0.3 is 20.5 Å². The summed E-state index contributed by atoms with van der Waals surface area (Å²) in [7, 11) is 3.02. The van der Waals surface area contributed by atoms with E-state index in [0.29, 0.717) is 5.69 Å². The molecule has 0 atom stereocenters. The molecule has 2 amide bonds. The Bertz CT molecular complexity index is 1090. The minimum Gasteiger partial charge on any atom is -0.387 e. The Labute approximate surface area is 176 Å². The van der Waals surface area contributed by atoms with Gasteiger partial charge in [0.05, 0.1) is 41.9 Å². The molecule has 0 unspecified atom stereocenters. The van der Waals surface area contributed by atoms with Gasteiger partial charge in [-0.3, -0.25) is 14.8 Å². The second-order valence-electron chi connectivity index (χ2n) is 6.84. The molecule has 0 saturated carbocycles. The summed E-state index contributed by atoms with van der Waals surface area (Å²) in [4.78, 5) is 40.7. The largest absolute Gasteiger partial charge is 0.418 e. The Kier molecular flexibility index (Phi) is 6.06. The van der Waals surface area contributed by atoms with Crippen molar-refractivity contribution in [2.45, 2.75) is 19.4 Å². The summed E-state index contributed by atoms with van der Waals surface area (Å²) in [6.07, 6.45) is 6.07. The number of anilines is 3. The minimum absolute atomic E-state index is 0.0932. The van der Waals surface area contributed by atoms with Crippen LogP contribution < -0.4 is 20.7 Å². The first-order valence-electron chi connectivity index (χ1n) is 9.04. The number of ether oxygens (including phenoxy) is 1. The molecule has 3 aromatic rings. The van der Waals surface area contributed by atoms with Crippen LogP contribution in [-0.4, -0.2) is 53.9 Å². The van der Waals surface area contributed by atoms with Gasteiger partial charge in [-0.2, -0.15) is 5.10 Å². The molecule has 0 aliphatic rings. The first-order chi connectivity index (χ1) is 14.7.